The molecule has 3 aromatic rings. The molecule has 0 fully saturated rings. The molecule has 1 aliphatic carbocycles. The van der Waals surface area contributed by atoms with Gasteiger partial charge in [-0.15, -0.1) is 11.3 Å². The van der Waals surface area contributed by atoms with Crippen LogP contribution in [-0.2, 0) is 11.3 Å². The Hall–Kier alpha value is -3.00. The average molecular weight is 447 g/mol. The van der Waals surface area contributed by atoms with E-state index in [0.29, 0.717) is 18.7 Å². The fourth-order valence-corrected chi connectivity index (χ4v) is 4.95. The Labute approximate surface area is 180 Å². The van der Waals surface area contributed by atoms with Crippen LogP contribution in [-0.4, -0.2) is 28.4 Å². The van der Waals surface area contributed by atoms with Crippen LogP contribution in [0.5, 0.6) is 5.75 Å². The molecule has 1 aliphatic rings. The maximum absolute atomic E-state index is 12.8. The summed E-state index contributed by atoms with van der Waals surface area (Å²) in [6, 6.07) is 9.45. The molecule has 2 heterocycles. The third kappa shape index (κ3) is 4.54. The first-order chi connectivity index (χ1) is 14.7. The molecule has 0 saturated heterocycles. The van der Waals surface area contributed by atoms with Gasteiger partial charge in [0.2, 0.25) is 0 Å². The molecule has 1 atom stereocenters. The normalized spacial score (nSPS) is 16.5. The summed E-state index contributed by atoms with van der Waals surface area (Å²) in [6.07, 6.45) is 2.02. The number of ether oxygens (including phenoxy) is 1. The summed E-state index contributed by atoms with van der Waals surface area (Å²) in [7, 11) is 0. The molecular weight excluding hydrogens is 427 g/mol. The third-order valence-corrected chi connectivity index (χ3v) is 6.62. The van der Waals surface area contributed by atoms with Crippen LogP contribution < -0.4 is 4.74 Å². The van der Waals surface area contributed by atoms with Crippen molar-refractivity contribution in [2.75, 3.05) is 6.61 Å². The lowest BCUT2D eigenvalue weighted by atomic mass is 9.95. The van der Waals surface area contributed by atoms with Crippen molar-refractivity contribution in [2.45, 2.75) is 32.0 Å². The zero-order valence-electron chi connectivity index (χ0n) is 16.6. The number of nitrogens with zero attached hydrogens (tertiary/aromatic N) is 1. The van der Waals surface area contributed by atoms with Crippen LogP contribution in [0.3, 0.4) is 0 Å². The molecule has 4 rings (SSSR count). The highest BCUT2D eigenvalue weighted by atomic mass is 32.1. The number of alkyl halides is 3. The van der Waals surface area contributed by atoms with E-state index in [9.17, 15) is 18.0 Å². The average Bonchev–Trinajstić information content (AvgIpc) is 3.30. The van der Waals surface area contributed by atoms with Gasteiger partial charge in [-0.05, 0) is 43.2 Å². The number of rotatable bonds is 6. The molecule has 4 nitrogen and oxygen atoms in total. The Morgan fingerprint density at radius 2 is 2.13 bits per heavy atom. The van der Waals surface area contributed by atoms with Crippen molar-refractivity contribution in [3.63, 3.8) is 0 Å². The number of halogens is 3. The van der Waals surface area contributed by atoms with E-state index < -0.39 is 24.3 Å². The van der Waals surface area contributed by atoms with Crippen LogP contribution in [0.1, 0.15) is 27.7 Å². The smallest absolute Gasteiger partial charge is 0.416 e. The molecule has 1 unspecified atom stereocenters. The molecule has 8 heteroatoms. The number of hydrogen-bond acceptors (Lipinski definition) is 3. The van der Waals surface area contributed by atoms with Gasteiger partial charge in [-0.25, -0.2) is 4.79 Å². The molecule has 162 valence electrons. The van der Waals surface area contributed by atoms with Crippen LogP contribution in [0.4, 0.5) is 13.2 Å². The number of aryl methyl sites for hydroxylation is 1. The van der Waals surface area contributed by atoms with Crippen LogP contribution >= 0.6 is 11.3 Å². The summed E-state index contributed by atoms with van der Waals surface area (Å²) < 4.78 is 46.0. The Kier molecular flexibility index (Phi) is 5.66. The van der Waals surface area contributed by atoms with Crippen molar-refractivity contribution in [2.24, 2.45) is 0 Å². The largest absolute Gasteiger partial charge is 0.481 e. The highest BCUT2D eigenvalue weighted by Crippen LogP contribution is 2.38. The van der Waals surface area contributed by atoms with Crippen molar-refractivity contribution >= 4 is 28.2 Å². The van der Waals surface area contributed by atoms with Crippen LogP contribution in [0.25, 0.3) is 10.9 Å². The summed E-state index contributed by atoms with van der Waals surface area (Å²) in [6.45, 7) is 2.21. The summed E-state index contributed by atoms with van der Waals surface area (Å²) in [5.74, 6) is -0.574. The summed E-state index contributed by atoms with van der Waals surface area (Å²) in [4.78, 5) is 13.0. The Balaban J connectivity index is 1.54. The van der Waals surface area contributed by atoms with E-state index in [4.69, 9.17) is 9.84 Å². The number of carboxylic acids is 1. The predicted octanol–water partition coefficient (Wildman–Crippen LogP) is 6.06. The van der Waals surface area contributed by atoms with E-state index >= 15 is 0 Å². The molecular formula is C23H20F3NO3S. The lowest BCUT2D eigenvalue weighted by Crippen LogP contribution is -2.12. The minimum atomic E-state index is -4.31. The van der Waals surface area contributed by atoms with Crippen molar-refractivity contribution in [1.29, 1.82) is 0 Å². The maximum Gasteiger partial charge on any atom is 0.416 e. The van der Waals surface area contributed by atoms with Crippen molar-refractivity contribution < 1.29 is 27.8 Å². The third-order valence-electron chi connectivity index (χ3n) is 5.27. The van der Waals surface area contributed by atoms with E-state index in [1.165, 1.54) is 12.2 Å². The number of thiophene rings is 1. The zero-order valence-corrected chi connectivity index (χ0v) is 17.5. The molecule has 0 radical (unpaired) electrons. The van der Waals surface area contributed by atoms with E-state index in [1.807, 2.05) is 31.3 Å². The van der Waals surface area contributed by atoms with Crippen LogP contribution in [0, 0.1) is 6.92 Å². The molecule has 0 spiro atoms. The number of aromatic nitrogens is 1. The predicted molar refractivity (Wildman–Crippen MR) is 114 cm³/mol. The van der Waals surface area contributed by atoms with E-state index in [0.717, 1.165) is 26.2 Å². The van der Waals surface area contributed by atoms with E-state index in [1.54, 1.807) is 23.5 Å². The molecule has 0 aliphatic heterocycles. The standard InChI is InChI=1S/C23H20F3NO3S/c1-14-11-20(15-5-7-16(8-6-15)23(24,25)26)31-21(14)12-27-10-9-17-18(27)3-2-4-19(17)30-13-22(28)29/h2-5,7-11,15H,6,12-13H2,1H3,(H,28,29). The van der Waals surface area contributed by atoms with Gasteiger partial charge in [0.05, 0.1) is 17.6 Å². The molecule has 0 bridgehead atoms. The molecule has 1 aromatic carbocycles. The topological polar surface area (TPSA) is 51.5 Å². The molecule has 31 heavy (non-hydrogen) atoms. The number of allylic oxidation sites excluding steroid dienone is 4. The summed E-state index contributed by atoms with van der Waals surface area (Å²) >= 11 is 1.61. The number of fused-ring (bicyclic) bond motifs is 1. The Morgan fingerprint density at radius 1 is 1.32 bits per heavy atom. The van der Waals surface area contributed by atoms with Gasteiger partial charge in [-0.2, -0.15) is 13.2 Å². The second-order valence-corrected chi connectivity index (χ2v) is 8.60. The Bertz CT molecular complexity index is 1190. The maximum atomic E-state index is 12.8. The van der Waals surface area contributed by atoms with Crippen LogP contribution in [0.15, 0.2) is 60.3 Å². The van der Waals surface area contributed by atoms with Gasteiger partial charge in [-0.1, -0.05) is 24.3 Å². The molecule has 1 N–H and O–H groups in total. The lowest BCUT2D eigenvalue weighted by molar-refractivity contribution is -0.139. The fourth-order valence-electron chi connectivity index (χ4n) is 3.68. The van der Waals surface area contributed by atoms with Gasteiger partial charge in [-0.3, -0.25) is 0 Å². The van der Waals surface area contributed by atoms with Gasteiger partial charge in [0.25, 0.3) is 0 Å². The van der Waals surface area contributed by atoms with Gasteiger partial charge in [0, 0.05) is 27.3 Å². The first kappa shape index (κ1) is 21.2. The highest BCUT2D eigenvalue weighted by Gasteiger charge is 2.33. The van der Waals surface area contributed by atoms with E-state index in [2.05, 4.69) is 10.6 Å². The molecule has 0 amide bonds. The van der Waals surface area contributed by atoms with Crippen molar-refractivity contribution in [3.05, 3.63) is 75.6 Å². The van der Waals surface area contributed by atoms with Crippen molar-refractivity contribution in [1.82, 2.24) is 4.57 Å². The number of carboxylic acid groups (broad SMARTS) is 1. The number of benzene rings is 1. The monoisotopic (exact) mass is 447 g/mol. The fraction of sp³-hybridized carbons (Fsp3) is 0.261. The van der Waals surface area contributed by atoms with Gasteiger partial charge in [0.15, 0.2) is 6.61 Å². The highest BCUT2D eigenvalue weighted by molar-refractivity contribution is 7.12. The molecule has 2 aromatic heterocycles. The first-order valence-corrected chi connectivity index (χ1v) is 10.5. The lowest BCUT2D eigenvalue weighted by Gasteiger charge is -2.16. The number of carbonyl (C=O) groups is 1. The minimum Gasteiger partial charge on any atom is -0.481 e. The second-order valence-electron chi connectivity index (χ2n) is 7.43. The minimum absolute atomic E-state index is 0.0547. The van der Waals surface area contributed by atoms with Crippen molar-refractivity contribution in [3.8, 4) is 5.75 Å². The molecule has 0 saturated carbocycles. The van der Waals surface area contributed by atoms with Crippen LogP contribution in [0.2, 0.25) is 0 Å². The Morgan fingerprint density at radius 3 is 2.81 bits per heavy atom. The summed E-state index contributed by atoms with van der Waals surface area (Å²) in [5.41, 5.74) is 1.43. The number of hydrogen-bond donors (Lipinski definition) is 1. The van der Waals surface area contributed by atoms with E-state index in [-0.39, 0.29) is 5.92 Å². The van der Waals surface area contributed by atoms with Gasteiger partial charge in [0.1, 0.15) is 5.75 Å². The number of aliphatic carboxylic acids is 1. The first-order valence-electron chi connectivity index (χ1n) is 9.69. The van der Waals surface area contributed by atoms with Gasteiger partial charge >= 0.3 is 12.1 Å². The quantitative estimate of drug-likeness (QED) is 0.500. The second kappa shape index (κ2) is 8.26. The SMILES string of the molecule is Cc1cc(C2C=CC(C(F)(F)F)=CC2)sc1Cn1ccc2c(OCC(=O)O)cccc21. The zero-order chi connectivity index (χ0) is 22.2. The summed E-state index contributed by atoms with van der Waals surface area (Å²) in [5, 5.41) is 9.68. The van der Waals surface area contributed by atoms with Gasteiger partial charge < -0.3 is 14.4 Å².